The average Bonchev–Trinajstić information content (AvgIpc) is 2.43. The highest BCUT2D eigenvalue weighted by atomic mass is 16.5. The Hall–Kier alpha value is -1.61. The van der Waals surface area contributed by atoms with E-state index in [0.29, 0.717) is 25.3 Å². The number of methoxy groups -OCH3 is 1. The van der Waals surface area contributed by atoms with Crippen molar-refractivity contribution >= 4 is 5.69 Å². The molecule has 1 aromatic rings. The third-order valence-corrected chi connectivity index (χ3v) is 2.66. The van der Waals surface area contributed by atoms with Crippen molar-refractivity contribution in [3.8, 4) is 6.07 Å². The second kappa shape index (κ2) is 8.48. The van der Waals surface area contributed by atoms with Crippen LogP contribution in [-0.2, 0) is 9.47 Å². The lowest BCUT2D eigenvalue weighted by atomic mass is 10.1. The number of nitriles is 1. The van der Waals surface area contributed by atoms with Crippen LogP contribution in [0, 0.1) is 11.3 Å². The summed E-state index contributed by atoms with van der Waals surface area (Å²) in [7, 11) is 3.45. The van der Waals surface area contributed by atoms with Crippen molar-refractivity contribution < 1.29 is 14.6 Å². The van der Waals surface area contributed by atoms with E-state index in [2.05, 4.69) is 6.07 Å². The minimum absolute atomic E-state index is 0.252. The van der Waals surface area contributed by atoms with Crippen molar-refractivity contribution in [2.24, 2.45) is 0 Å². The van der Waals surface area contributed by atoms with Gasteiger partial charge in [-0.25, -0.2) is 0 Å². The van der Waals surface area contributed by atoms with Crippen molar-refractivity contribution in [3.05, 3.63) is 29.8 Å². The first-order chi connectivity index (χ1) is 9.19. The molecule has 0 heterocycles. The Kier molecular flexibility index (Phi) is 6.90. The zero-order valence-electron chi connectivity index (χ0n) is 11.4. The molecular formula is C14H20N2O3. The number of hydrogen-bond acceptors (Lipinski definition) is 5. The molecule has 0 aliphatic carbocycles. The third kappa shape index (κ3) is 5.26. The van der Waals surface area contributed by atoms with Crippen LogP contribution in [0.4, 0.5) is 5.69 Å². The minimum Gasteiger partial charge on any atom is -0.389 e. The van der Waals surface area contributed by atoms with Crippen LogP contribution in [0.1, 0.15) is 5.56 Å². The summed E-state index contributed by atoms with van der Waals surface area (Å²) in [5, 5.41) is 18.9. The summed E-state index contributed by atoms with van der Waals surface area (Å²) in [4.78, 5) is 1.85. The number of benzene rings is 1. The number of para-hydroxylation sites is 1. The molecule has 1 atom stereocenters. The molecule has 19 heavy (non-hydrogen) atoms. The van der Waals surface area contributed by atoms with E-state index in [1.807, 2.05) is 30.1 Å². The molecule has 0 fully saturated rings. The van der Waals surface area contributed by atoms with Gasteiger partial charge in [-0.3, -0.25) is 0 Å². The topological polar surface area (TPSA) is 65.7 Å². The Morgan fingerprint density at radius 1 is 1.37 bits per heavy atom. The van der Waals surface area contributed by atoms with Crippen LogP contribution in [0.3, 0.4) is 0 Å². The monoisotopic (exact) mass is 264 g/mol. The first-order valence-corrected chi connectivity index (χ1v) is 6.14. The van der Waals surface area contributed by atoms with Gasteiger partial charge in [0, 0.05) is 20.7 Å². The number of hydrogen-bond donors (Lipinski definition) is 1. The lowest BCUT2D eigenvalue weighted by molar-refractivity contribution is 0.0164. The van der Waals surface area contributed by atoms with Gasteiger partial charge in [0.15, 0.2) is 0 Å². The molecule has 1 rings (SSSR count). The fourth-order valence-corrected chi connectivity index (χ4v) is 1.73. The lowest BCUT2D eigenvalue weighted by Crippen LogP contribution is -2.32. The fourth-order valence-electron chi connectivity index (χ4n) is 1.73. The first-order valence-electron chi connectivity index (χ1n) is 6.14. The maximum atomic E-state index is 9.85. The largest absolute Gasteiger partial charge is 0.389 e. The Morgan fingerprint density at radius 2 is 2.11 bits per heavy atom. The van der Waals surface area contributed by atoms with Gasteiger partial charge in [-0.2, -0.15) is 5.26 Å². The van der Waals surface area contributed by atoms with Crippen LogP contribution < -0.4 is 4.90 Å². The average molecular weight is 264 g/mol. The Bertz CT molecular complexity index is 417. The summed E-state index contributed by atoms with van der Waals surface area (Å²) in [6.45, 7) is 1.64. The van der Waals surface area contributed by atoms with Gasteiger partial charge >= 0.3 is 0 Å². The van der Waals surface area contributed by atoms with E-state index in [1.165, 1.54) is 0 Å². The molecule has 104 valence electrons. The molecule has 0 amide bonds. The molecule has 0 aliphatic heterocycles. The van der Waals surface area contributed by atoms with E-state index in [0.717, 1.165) is 5.69 Å². The highest BCUT2D eigenvalue weighted by Gasteiger charge is 2.11. The molecule has 0 radical (unpaired) electrons. The van der Waals surface area contributed by atoms with Crippen molar-refractivity contribution in [3.63, 3.8) is 0 Å². The van der Waals surface area contributed by atoms with Crippen LogP contribution in [0.2, 0.25) is 0 Å². The maximum Gasteiger partial charge on any atom is 0.101 e. The predicted molar refractivity (Wildman–Crippen MR) is 73.1 cm³/mol. The normalized spacial score (nSPS) is 11.9. The number of rotatable bonds is 8. The number of likely N-dealkylation sites (N-methyl/N-ethyl adjacent to an activating group) is 1. The molecule has 1 aromatic carbocycles. The molecule has 1 N–H and O–H groups in total. The van der Waals surface area contributed by atoms with Crippen molar-refractivity contribution in [2.75, 3.05) is 45.4 Å². The van der Waals surface area contributed by atoms with Crippen LogP contribution in [0.25, 0.3) is 0 Å². The second-order valence-electron chi connectivity index (χ2n) is 4.23. The number of aliphatic hydroxyl groups excluding tert-OH is 1. The standard InChI is InChI=1S/C14H20N2O3/c1-16(10-13(17)11-19-8-7-18-2)14-6-4-3-5-12(14)9-15/h3-6,13,17H,7-8,10-11H2,1-2H3. The van der Waals surface area contributed by atoms with Crippen LogP contribution >= 0.6 is 0 Å². The molecule has 0 aliphatic rings. The zero-order chi connectivity index (χ0) is 14.1. The molecule has 5 nitrogen and oxygen atoms in total. The van der Waals surface area contributed by atoms with Crippen LogP contribution in [0.5, 0.6) is 0 Å². The fraction of sp³-hybridized carbons (Fsp3) is 0.500. The quantitative estimate of drug-likeness (QED) is 0.710. The molecular weight excluding hydrogens is 244 g/mol. The summed E-state index contributed by atoms with van der Waals surface area (Å²) in [5.41, 5.74) is 1.40. The summed E-state index contributed by atoms with van der Waals surface area (Å²) < 4.78 is 10.1. The Morgan fingerprint density at radius 3 is 2.79 bits per heavy atom. The molecule has 0 aromatic heterocycles. The molecule has 1 unspecified atom stereocenters. The number of nitrogens with zero attached hydrogens (tertiary/aromatic N) is 2. The summed E-state index contributed by atoms with van der Waals surface area (Å²) >= 11 is 0. The minimum atomic E-state index is -0.603. The van der Waals surface area contributed by atoms with Crippen molar-refractivity contribution in [1.82, 2.24) is 0 Å². The number of aliphatic hydroxyl groups is 1. The van der Waals surface area contributed by atoms with Crippen molar-refractivity contribution in [2.45, 2.75) is 6.10 Å². The zero-order valence-corrected chi connectivity index (χ0v) is 11.4. The molecule has 0 saturated carbocycles. The van der Waals surface area contributed by atoms with E-state index in [1.54, 1.807) is 13.2 Å². The molecule has 0 spiro atoms. The molecule has 5 heteroatoms. The van der Waals surface area contributed by atoms with E-state index in [-0.39, 0.29) is 6.61 Å². The summed E-state index contributed by atoms with van der Waals surface area (Å²) in [5.74, 6) is 0. The van der Waals surface area contributed by atoms with Crippen molar-refractivity contribution in [1.29, 1.82) is 5.26 Å². The smallest absolute Gasteiger partial charge is 0.101 e. The van der Waals surface area contributed by atoms with E-state index >= 15 is 0 Å². The van der Waals surface area contributed by atoms with Gasteiger partial charge in [-0.05, 0) is 12.1 Å². The SMILES string of the molecule is COCCOCC(O)CN(C)c1ccccc1C#N. The Balaban J connectivity index is 2.45. The highest BCUT2D eigenvalue weighted by Crippen LogP contribution is 2.18. The van der Waals surface area contributed by atoms with Crippen LogP contribution in [0.15, 0.2) is 24.3 Å². The van der Waals surface area contributed by atoms with Gasteiger partial charge in [-0.15, -0.1) is 0 Å². The van der Waals surface area contributed by atoms with Gasteiger partial charge in [-0.1, -0.05) is 12.1 Å². The lowest BCUT2D eigenvalue weighted by Gasteiger charge is -2.23. The number of anilines is 1. The Labute approximate surface area is 114 Å². The maximum absolute atomic E-state index is 9.85. The summed E-state index contributed by atoms with van der Waals surface area (Å²) in [6.07, 6.45) is -0.603. The van der Waals surface area contributed by atoms with Gasteiger partial charge in [0.25, 0.3) is 0 Å². The highest BCUT2D eigenvalue weighted by molar-refractivity contribution is 5.58. The van der Waals surface area contributed by atoms with Gasteiger partial charge in [0.1, 0.15) is 6.07 Å². The van der Waals surface area contributed by atoms with Gasteiger partial charge < -0.3 is 19.5 Å². The van der Waals surface area contributed by atoms with Gasteiger partial charge in [0.05, 0.1) is 37.2 Å². The van der Waals surface area contributed by atoms with E-state index in [4.69, 9.17) is 14.7 Å². The van der Waals surface area contributed by atoms with Crippen LogP contribution in [-0.4, -0.2) is 51.7 Å². The summed E-state index contributed by atoms with van der Waals surface area (Å²) in [6, 6.07) is 9.44. The van der Waals surface area contributed by atoms with E-state index < -0.39 is 6.10 Å². The second-order valence-corrected chi connectivity index (χ2v) is 4.23. The first kappa shape index (κ1) is 15.4. The van der Waals surface area contributed by atoms with E-state index in [9.17, 15) is 5.11 Å². The molecule has 0 bridgehead atoms. The third-order valence-electron chi connectivity index (χ3n) is 2.66. The number of ether oxygens (including phenoxy) is 2. The molecule has 0 saturated heterocycles. The van der Waals surface area contributed by atoms with Gasteiger partial charge in [0.2, 0.25) is 0 Å². The predicted octanol–water partition coefficient (Wildman–Crippen LogP) is 1.02.